The van der Waals surface area contributed by atoms with Crippen LogP contribution in [-0.2, 0) is 0 Å². The van der Waals surface area contributed by atoms with Gasteiger partial charge in [-0.3, -0.25) is 4.79 Å². The van der Waals surface area contributed by atoms with Crippen molar-refractivity contribution < 1.29 is 9.90 Å². The number of rotatable bonds is 2. The van der Waals surface area contributed by atoms with Crippen molar-refractivity contribution in [1.29, 1.82) is 0 Å². The van der Waals surface area contributed by atoms with Crippen molar-refractivity contribution in [1.82, 2.24) is 5.32 Å². The van der Waals surface area contributed by atoms with Crippen LogP contribution < -0.4 is 5.32 Å². The van der Waals surface area contributed by atoms with Crippen LogP contribution in [0.1, 0.15) is 10.4 Å². The summed E-state index contributed by atoms with van der Waals surface area (Å²) in [5.41, 5.74) is 2.65. The first-order valence-corrected chi connectivity index (χ1v) is 5.32. The molecule has 0 saturated carbocycles. The van der Waals surface area contributed by atoms with Crippen LogP contribution in [0.3, 0.4) is 0 Å². The Bertz CT molecular complexity index is 515. The summed E-state index contributed by atoms with van der Waals surface area (Å²) in [6.45, 7) is 0. The predicted octanol–water partition coefficient (Wildman–Crippen LogP) is 2.42. The number of phenols is 1. The minimum absolute atomic E-state index is 0.0951. The molecule has 0 bridgehead atoms. The van der Waals surface area contributed by atoms with Gasteiger partial charge in [-0.1, -0.05) is 24.3 Å². The lowest BCUT2D eigenvalue weighted by atomic mass is 10.0. The molecule has 2 N–H and O–H groups in total. The minimum Gasteiger partial charge on any atom is -0.508 e. The van der Waals surface area contributed by atoms with Crippen LogP contribution in [0.25, 0.3) is 11.1 Å². The van der Waals surface area contributed by atoms with Crippen LogP contribution in [0.2, 0.25) is 0 Å². The molecule has 0 aliphatic heterocycles. The van der Waals surface area contributed by atoms with Gasteiger partial charge in [0.05, 0.1) is 0 Å². The monoisotopic (exact) mass is 227 g/mol. The molecule has 3 heteroatoms. The van der Waals surface area contributed by atoms with Gasteiger partial charge in [-0.25, -0.2) is 0 Å². The number of amides is 1. The average molecular weight is 227 g/mol. The molecule has 86 valence electrons. The highest BCUT2D eigenvalue weighted by Gasteiger charge is 2.03. The number of aromatic hydroxyl groups is 1. The molecule has 1 amide bonds. The quantitative estimate of drug-likeness (QED) is 0.827. The third-order valence-electron chi connectivity index (χ3n) is 2.57. The van der Waals surface area contributed by atoms with Crippen LogP contribution in [0.5, 0.6) is 5.75 Å². The summed E-state index contributed by atoms with van der Waals surface area (Å²) in [5, 5.41) is 11.8. The summed E-state index contributed by atoms with van der Waals surface area (Å²) in [4.78, 5) is 11.4. The highest BCUT2D eigenvalue weighted by molar-refractivity contribution is 5.94. The zero-order valence-corrected chi connectivity index (χ0v) is 9.47. The van der Waals surface area contributed by atoms with Crippen molar-refractivity contribution in [2.45, 2.75) is 0 Å². The molecule has 0 atom stereocenters. The SMILES string of the molecule is CNC(=O)c1ccc(-c2ccc(O)cc2)cc1. The van der Waals surface area contributed by atoms with E-state index in [-0.39, 0.29) is 11.7 Å². The van der Waals surface area contributed by atoms with Gasteiger partial charge in [-0.2, -0.15) is 0 Å². The van der Waals surface area contributed by atoms with Crippen molar-refractivity contribution in [3.63, 3.8) is 0 Å². The average Bonchev–Trinajstić information content (AvgIpc) is 2.39. The van der Waals surface area contributed by atoms with Gasteiger partial charge in [0.15, 0.2) is 0 Å². The standard InChI is InChI=1S/C14H13NO2/c1-15-14(17)12-4-2-10(3-5-12)11-6-8-13(16)9-7-11/h2-9,16H,1H3,(H,15,17). The van der Waals surface area contributed by atoms with Gasteiger partial charge in [0.2, 0.25) is 0 Å². The number of hydrogen-bond donors (Lipinski definition) is 2. The highest BCUT2D eigenvalue weighted by atomic mass is 16.3. The molecule has 0 spiro atoms. The van der Waals surface area contributed by atoms with E-state index in [0.717, 1.165) is 11.1 Å². The molecule has 0 aliphatic rings. The molecule has 2 aromatic carbocycles. The number of phenolic OH excluding ortho intramolecular Hbond substituents is 1. The summed E-state index contributed by atoms with van der Waals surface area (Å²) in [6, 6.07) is 14.3. The van der Waals surface area contributed by atoms with Crippen molar-refractivity contribution in [3.05, 3.63) is 54.1 Å². The van der Waals surface area contributed by atoms with E-state index in [4.69, 9.17) is 0 Å². The molecule has 0 unspecified atom stereocenters. The summed E-state index contributed by atoms with van der Waals surface area (Å²) in [5.74, 6) is 0.151. The molecular weight excluding hydrogens is 214 g/mol. The Labute approximate surface area is 99.7 Å². The second kappa shape index (κ2) is 4.70. The molecule has 0 radical (unpaired) electrons. The van der Waals surface area contributed by atoms with E-state index in [1.807, 2.05) is 24.3 Å². The van der Waals surface area contributed by atoms with E-state index in [0.29, 0.717) is 5.56 Å². The first-order chi connectivity index (χ1) is 8.20. The Morgan fingerprint density at radius 3 is 1.88 bits per heavy atom. The number of carbonyl (C=O) groups is 1. The first kappa shape index (κ1) is 11.2. The van der Waals surface area contributed by atoms with Crippen molar-refractivity contribution in [2.24, 2.45) is 0 Å². The highest BCUT2D eigenvalue weighted by Crippen LogP contribution is 2.22. The molecule has 17 heavy (non-hydrogen) atoms. The van der Waals surface area contributed by atoms with Gasteiger partial charge in [0, 0.05) is 12.6 Å². The largest absolute Gasteiger partial charge is 0.508 e. The Kier molecular flexibility index (Phi) is 3.10. The van der Waals surface area contributed by atoms with Crippen LogP contribution in [0.15, 0.2) is 48.5 Å². The fraction of sp³-hybridized carbons (Fsp3) is 0.0714. The van der Waals surface area contributed by atoms with E-state index in [1.54, 1.807) is 31.3 Å². The van der Waals surface area contributed by atoms with E-state index >= 15 is 0 Å². The van der Waals surface area contributed by atoms with Gasteiger partial charge in [0.1, 0.15) is 5.75 Å². The predicted molar refractivity (Wildman–Crippen MR) is 66.9 cm³/mol. The van der Waals surface area contributed by atoms with E-state index in [2.05, 4.69) is 5.32 Å². The van der Waals surface area contributed by atoms with Crippen LogP contribution in [-0.4, -0.2) is 18.1 Å². The molecule has 0 aliphatic carbocycles. The third kappa shape index (κ3) is 2.45. The zero-order valence-electron chi connectivity index (χ0n) is 9.47. The van der Waals surface area contributed by atoms with Crippen LogP contribution >= 0.6 is 0 Å². The van der Waals surface area contributed by atoms with Crippen molar-refractivity contribution in [3.8, 4) is 16.9 Å². The molecule has 0 saturated heterocycles. The molecule has 0 heterocycles. The Morgan fingerprint density at radius 1 is 0.941 bits per heavy atom. The molecule has 2 rings (SSSR count). The molecular formula is C14H13NO2. The van der Waals surface area contributed by atoms with E-state index in [9.17, 15) is 9.90 Å². The zero-order chi connectivity index (χ0) is 12.3. The van der Waals surface area contributed by atoms with Gasteiger partial charge >= 0.3 is 0 Å². The lowest BCUT2D eigenvalue weighted by Crippen LogP contribution is -2.17. The van der Waals surface area contributed by atoms with Gasteiger partial charge in [-0.15, -0.1) is 0 Å². The van der Waals surface area contributed by atoms with Gasteiger partial charge < -0.3 is 10.4 Å². The lowest BCUT2D eigenvalue weighted by molar-refractivity contribution is 0.0963. The second-order valence-corrected chi connectivity index (χ2v) is 3.70. The maximum Gasteiger partial charge on any atom is 0.251 e. The van der Waals surface area contributed by atoms with Crippen molar-refractivity contribution in [2.75, 3.05) is 7.05 Å². The van der Waals surface area contributed by atoms with E-state index in [1.165, 1.54) is 0 Å². The Hall–Kier alpha value is -2.29. The number of hydrogen-bond acceptors (Lipinski definition) is 2. The fourth-order valence-electron chi connectivity index (χ4n) is 1.61. The topological polar surface area (TPSA) is 49.3 Å². The molecule has 0 fully saturated rings. The maximum absolute atomic E-state index is 11.4. The summed E-state index contributed by atoms with van der Waals surface area (Å²) in [7, 11) is 1.61. The lowest BCUT2D eigenvalue weighted by Gasteiger charge is -2.04. The number of carbonyl (C=O) groups excluding carboxylic acids is 1. The molecule has 2 aromatic rings. The molecule has 3 nitrogen and oxygen atoms in total. The van der Waals surface area contributed by atoms with E-state index < -0.39 is 0 Å². The fourth-order valence-corrected chi connectivity index (χ4v) is 1.61. The summed E-state index contributed by atoms with van der Waals surface area (Å²) < 4.78 is 0. The normalized spacial score (nSPS) is 9.94. The smallest absolute Gasteiger partial charge is 0.251 e. The summed E-state index contributed by atoms with van der Waals surface area (Å²) >= 11 is 0. The number of benzene rings is 2. The second-order valence-electron chi connectivity index (χ2n) is 3.70. The van der Waals surface area contributed by atoms with Gasteiger partial charge in [0.25, 0.3) is 5.91 Å². The minimum atomic E-state index is -0.0951. The number of nitrogens with one attached hydrogen (secondary N) is 1. The maximum atomic E-state index is 11.4. The van der Waals surface area contributed by atoms with Crippen molar-refractivity contribution >= 4 is 5.91 Å². The van der Waals surface area contributed by atoms with Gasteiger partial charge in [-0.05, 0) is 35.4 Å². The molecule has 0 aromatic heterocycles. The third-order valence-corrected chi connectivity index (χ3v) is 2.57. The Morgan fingerprint density at radius 2 is 1.41 bits per heavy atom. The van der Waals surface area contributed by atoms with Crippen LogP contribution in [0, 0.1) is 0 Å². The van der Waals surface area contributed by atoms with Crippen LogP contribution in [0.4, 0.5) is 0 Å². The summed E-state index contributed by atoms with van der Waals surface area (Å²) in [6.07, 6.45) is 0. The first-order valence-electron chi connectivity index (χ1n) is 5.32. The Balaban J connectivity index is 2.29.